The highest BCUT2D eigenvalue weighted by atomic mass is 16.5. The predicted molar refractivity (Wildman–Crippen MR) is 160 cm³/mol. The molecule has 1 aliphatic heterocycles. The third-order valence-electron chi connectivity index (χ3n) is 7.90. The van der Waals surface area contributed by atoms with Gasteiger partial charge in [0.15, 0.2) is 11.5 Å². The smallest absolute Gasteiger partial charge is 0.220 e. The van der Waals surface area contributed by atoms with E-state index in [0.717, 1.165) is 74.5 Å². The second kappa shape index (κ2) is 13.6. The van der Waals surface area contributed by atoms with E-state index >= 15 is 0 Å². The van der Waals surface area contributed by atoms with Crippen molar-refractivity contribution in [1.29, 1.82) is 0 Å². The Labute approximate surface area is 233 Å². The summed E-state index contributed by atoms with van der Waals surface area (Å²) in [4.78, 5) is 18.2. The zero-order valence-electron chi connectivity index (χ0n) is 23.9. The quantitative estimate of drug-likeness (QED) is 0.209. The maximum absolute atomic E-state index is 12.0. The van der Waals surface area contributed by atoms with Crippen LogP contribution in [0.2, 0.25) is 0 Å². The molecule has 0 unspecified atom stereocenters. The SMILES string of the molecule is C#CCCCCC(=O)NCCN1CCC(c2ccc3[nH]c(-c4ccc(OC)c(OC)c4)c(C(C)C)c3c2)CC1. The van der Waals surface area contributed by atoms with Crippen molar-refractivity contribution in [2.45, 2.75) is 64.2 Å². The van der Waals surface area contributed by atoms with E-state index in [4.69, 9.17) is 15.9 Å². The van der Waals surface area contributed by atoms with Crippen LogP contribution in [-0.4, -0.2) is 56.2 Å². The number of carbonyl (C=O) groups excluding carboxylic acids is 1. The molecule has 1 aliphatic rings. The summed E-state index contributed by atoms with van der Waals surface area (Å²) in [6.45, 7) is 8.25. The molecule has 1 aromatic heterocycles. The predicted octanol–water partition coefficient (Wildman–Crippen LogP) is 6.46. The molecule has 0 atom stereocenters. The number of benzene rings is 2. The minimum Gasteiger partial charge on any atom is -0.493 e. The molecular weight excluding hydrogens is 486 g/mol. The average molecular weight is 530 g/mol. The molecule has 2 N–H and O–H groups in total. The standard InChI is InChI=1S/C33H43N3O3/c1-6-7-8-9-10-31(37)34-17-20-36-18-15-24(16-19-36)25-11-13-28-27(21-25)32(23(2)3)33(35-28)26-12-14-29(38-4)30(22-26)39-5/h1,11-14,21-24,35H,7-10,15-20H2,2-5H3,(H,34,37). The highest BCUT2D eigenvalue weighted by molar-refractivity contribution is 5.92. The van der Waals surface area contributed by atoms with E-state index in [1.807, 2.05) is 12.1 Å². The van der Waals surface area contributed by atoms with Gasteiger partial charge in [0.05, 0.1) is 19.9 Å². The third-order valence-corrected chi connectivity index (χ3v) is 7.90. The summed E-state index contributed by atoms with van der Waals surface area (Å²) in [5.74, 6) is 5.14. The molecule has 4 rings (SSSR count). The number of piperidine rings is 1. The Hall–Kier alpha value is -3.43. The monoisotopic (exact) mass is 529 g/mol. The Morgan fingerprint density at radius 1 is 1.10 bits per heavy atom. The van der Waals surface area contributed by atoms with Gasteiger partial charge in [-0.1, -0.05) is 19.9 Å². The minimum atomic E-state index is 0.134. The highest BCUT2D eigenvalue weighted by Crippen LogP contribution is 2.40. The van der Waals surface area contributed by atoms with Gasteiger partial charge in [-0.15, -0.1) is 12.3 Å². The molecule has 1 amide bonds. The molecule has 0 spiro atoms. The summed E-state index contributed by atoms with van der Waals surface area (Å²) in [5.41, 5.74) is 6.17. The molecular formula is C33H43N3O3. The Morgan fingerprint density at radius 2 is 1.87 bits per heavy atom. The van der Waals surface area contributed by atoms with Gasteiger partial charge in [0, 0.05) is 42.4 Å². The molecule has 0 saturated carbocycles. The van der Waals surface area contributed by atoms with Crippen molar-refractivity contribution < 1.29 is 14.3 Å². The minimum absolute atomic E-state index is 0.134. The first-order chi connectivity index (χ1) is 18.9. The number of hydrogen-bond donors (Lipinski definition) is 2. The van der Waals surface area contributed by atoms with Crippen LogP contribution in [-0.2, 0) is 4.79 Å². The van der Waals surface area contributed by atoms with Crippen LogP contribution in [0.15, 0.2) is 36.4 Å². The van der Waals surface area contributed by atoms with Crippen LogP contribution in [0.1, 0.15) is 75.3 Å². The average Bonchev–Trinajstić information content (AvgIpc) is 3.34. The first-order valence-corrected chi connectivity index (χ1v) is 14.3. The van der Waals surface area contributed by atoms with Gasteiger partial charge in [-0.05, 0) is 92.1 Å². The lowest BCUT2D eigenvalue weighted by molar-refractivity contribution is -0.121. The number of H-pyrrole nitrogens is 1. The van der Waals surface area contributed by atoms with E-state index < -0.39 is 0 Å². The zero-order valence-corrected chi connectivity index (χ0v) is 23.9. The number of ether oxygens (including phenoxy) is 2. The number of terminal acetylenes is 1. The van der Waals surface area contributed by atoms with Crippen LogP contribution in [0, 0.1) is 12.3 Å². The number of hydrogen-bond acceptors (Lipinski definition) is 4. The number of carbonyl (C=O) groups is 1. The molecule has 2 heterocycles. The summed E-state index contributed by atoms with van der Waals surface area (Å²) >= 11 is 0. The van der Waals surface area contributed by atoms with Gasteiger partial charge in [0.2, 0.25) is 5.91 Å². The van der Waals surface area contributed by atoms with E-state index in [1.165, 1.54) is 22.0 Å². The third kappa shape index (κ3) is 6.96. The Morgan fingerprint density at radius 3 is 2.56 bits per heavy atom. The second-order valence-corrected chi connectivity index (χ2v) is 10.8. The van der Waals surface area contributed by atoms with E-state index in [9.17, 15) is 4.79 Å². The topological polar surface area (TPSA) is 66.6 Å². The molecule has 3 aromatic rings. The van der Waals surface area contributed by atoms with Gasteiger partial charge < -0.3 is 24.7 Å². The summed E-state index contributed by atoms with van der Waals surface area (Å²) in [6.07, 6.45) is 10.6. The van der Waals surface area contributed by atoms with Crippen LogP contribution in [0.5, 0.6) is 11.5 Å². The molecule has 6 heteroatoms. The fourth-order valence-electron chi connectivity index (χ4n) is 5.75. The van der Waals surface area contributed by atoms with Gasteiger partial charge in [-0.2, -0.15) is 0 Å². The van der Waals surface area contributed by atoms with E-state index in [1.54, 1.807) is 14.2 Å². The van der Waals surface area contributed by atoms with Crippen molar-refractivity contribution in [3.63, 3.8) is 0 Å². The largest absolute Gasteiger partial charge is 0.493 e. The van der Waals surface area contributed by atoms with Gasteiger partial charge in [0.1, 0.15) is 0 Å². The maximum Gasteiger partial charge on any atom is 0.220 e. The lowest BCUT2D eigenvalue weighted by Gasteiger charge is -2.32. The van der Waals surface area contributed by atoms with Crippen LogP contribution in [0.25, 0.3) is 22.2 Å². The van der Waals surface area contributed by atoms with Crippen molar-refractivity contribution in [1.82, 2.24) is 15.2 Å². The molecule has 1 saturated heterocycles. The van der Waals surface area contributed by atoms with Crippen LogP contribution in [0.4, 0.5) is 0 Å². The second-order valence-electron chi connectivity index (χ2n) is 10.8. The van der Waals surface area contributed by atoms with Crippen LogP contribution < -0.4 is 14.8 Å². The summed E-state index contributed by atoms with van der Waals surface area (Å²) in [5, 5.41) is 4.37. The van der Waals surface area contributed by atoms with Gasteiger partial charge >= 0.3 is 0 Å². The Kier molecular flexibility index (Phi) is 9.95. The number of nitrogens with zero attached hydrogens (tertiary/aromatic N) is 1. The normalized spacial score (nSPS) is 14.5. The van der Waals surface area contributed by atoms with Gasteiger partial charge in [-0.25, -0.2) is 0 Å². The van der Waals surface area contributed by atoms with E-state index in [2.05, 4.69) is 59.2 Å². The fourth-order valence-corrected chi connectivity index (χ4v) is 5.75. The number of fused-ring (bicyclic) bond motifs is 1. The van der Waals surface area contributed by atoms with Crippen molar-refractivity contribution in [3.8, 4) is 35.1 Å². The number of methoxy groups -OCH3 is 2. The van der Waals surface area contributed by atoms with Crippen molar-refractivity contribution >= 4 is 16.8 Å². The molecule has 0 radical (unpaired) electrons. The Bertz CT molecular complexity index is 1300. The number of aromatic amines is 1. The lowest BCUT2D eigenvalue weighted by Crippen LogP contribution is -2.39. The van der Waals surface area contributed by atoms with Crippen molar-refractivity contribution in [3.05, 3.63) is 47.5 Å². The number of nitrogens with one attached hydrogen (secondary N) is 2. The zero-order chi connectivity index (χ0) is 27.8. The first-order valence-electron chi connectivity index (χ1n) is 14.3. The molecule has 0 bridgehead atoms. The van der Waals surface area contributed by atoms with Crippen LogP contribution in [0.3, 0.4) is 0 Å². The molecule has 6 nitrogen and oxygen atoms in total. The molecule has 39 heavy (non-hydrogen) atoms. The van der Waals surface area contributed by atoms with Crippen molar-refractivity contribution in [2.75, 3.05) is 40.4 Å². The number of likely N-dealkylation sites (tertiary alicyclic amines) is 1. The number of amides is 1. The first kappa shape index (κ1) is 28.6. The van der Waals surface area contributed by atoms with E-state index in [0.29, 0.717) is 24.8 Å². The molecule has 1 fully saturated rings. The summed E-state index contributed by atoms with van der Waals surface area (Å²) in [6, 6.07) is 13.1. The summed E-state index contributed by atoms with van der Waals surface area (Å²) in [7, 11) is 3.34. The summed E-state index contributed by atoms with van der Waals surface area (Å²) < 4.78 is 11.0. The number of unbranched alkanes of at least 4 members (excludes halogenated alkanes) is 2. The lowest BCUT2D eigenvalue weighted by atomic mass is 9.87. The van der Waals surface area contributed by atoms with E-state index in [-0.39, 0.29) is 5.91 Å². The number of rotatable bonds is 12. The maximum atomic E-state index is 12.0. The molecule has 2 aromatic carbocycles. The number of aromatic nitrogens is 1. The van der Waals surface area contributed by atoms with Gasteiger partial charge in [0.25, 0.3) is 0 Å². The molecule has 0 aliphatic carbocycles. The molecule has 208 valence electrons. The van der Waals surface area contributed by atoms with Gasteiger partial charge in [-0.3, -0.25) is 4.79 Å². The van der Waals surface area contributed by atoms with Crippen LogP contribution >= 0.6 is 0 Å². The van der Waals surface area contributed by atoms with Crippen molar-refractivity contribution in [2.24, 2.45) is 0 Å². The highest BCUT2D eigenvalue weighted by Gasteiger charge is 2.23. The fraction of sp³-hybridized carbons (Fsp3) is 0.485. The Balaban J connectivity index is 1.40.